The van der Waals surface area contributed by atoms with E-state index in [-0.39, 0.29) is 5.82 Å². The maximum atomic E-state index is 13.3. The van der Waals surface area contributed by atoms with Gasteiger partial charge in [-0.1, -0.05) is 5.16 Å². The van der Waals surface area contributed by atoms with Crippen molar-refractivity contribution in [3.05, 3.63) is 24.2 Å². The molecular formula is C9H11FN6O. The molecule has 8 heteroatoms. The first kappa shape index (κ1) is 11.2. The lowest BCUT2D eigenvalue weighted by atomic mass is 10.4. The van der Waals surface area contributed by atoms with Gasteiger partial charge >= 0.3 is 0 Å². The van der Waals surface area contributed by atoms with Crippen molar-refractivity contribution >= 4 is 11.8 Å². The molecule has 0 saturated heterocycles. The zero-order valence-corrected chi connectivity index (χ0v) is 9.14. The lowest BCUT2D eigenvalue weighted by Gasteiger charge is -2.06. The van der Waals surface area contributed by atoms with Gasteiger partial charge in [-0.15, -0.1) is 0 Å². The number of anilines is 2. The highest BCUT2D eigenvalue weighted by Crippen LogP contribution is 2.11. The van der Waals surface area contributed by atoms with Crippen LogP contribution in [0.15, 0.2) is 17.1 Å². The Hall–Kier alpha value is -2.25. The molecule has 0 unspecified atom stereocenters. The Balaban J connectivity index is 1.94. The van der Waals surface area contributed by atoms with Crippen molar-refractivity contribution < 1.29 is 8.91 Å². The fourth-order valence-electron chi connectivity index (χ4n) is 1.21. The molecule has 0 amide bonds. The minimum absolute atomic E-state index is 0.146. The topological polar surface area (TPSA) is 88.8 Å². The number of halogens is 1. The second-order valence-electron chi connectivity index (χ2n) is 3.16. The number of hydrogen-bond acceptors (Lipinski definition) is 7. The predicted octanol–water partition coefficient (Wildman–Crippen LogP) is 0.695. The Kier molecular flexibility index (Phi) is 3.43. The Bertz CT molecular complexity index is 474. The minimum Gasteiger partial charge on any atom is -0.367 e. The summed E-state index contributed by atoms with van der Waals surface area (Å²) in [5.41, 5.74) is 0. The van der Waals surface area contributed by atoms with E-state index in [9.17, 15) is 4.39 Å². The molecule has 2 rings (SSSR count). The second kappa shape index (κ2) is 5.19. The molecule has 0 bridgehead atoms. The van der Waals surface area contributed by atoms with Crippen LogP contribution >= 0.6 is 0 Å². The smallest absolute Gasteiger partial charge is 0.224 e. The van der Waals surface area contributed by atoms with Crippen LogP contribution in [0.1, 0.15) is 5.82 Å². The summed E-state index contributed by atoms with van der Waals surface area (Å²) in [5.74, 6) is 0.555. The second-order valence-corrected chi connectivity index (χ2v) is 3.16. The van der Waals surface area contributed by atoms with E-state index in [2.05, 4.69) is 35.3 Å². The minimum atomic E-state index is -0.503. The third-order valence-electron chi connectivity index (χ3n) is 2.02. The van der Waals surface area contributed by atoms with Gasteiger partial charge in [-0.05, 0) is 0 Å². The fourth-order valence-corrected chi connectivity index (χ4v) is 1.21. The summed E-state index contributed by atoms with van der Waals surface area (Å²) in [6.45, 7) is 0.455. The standard InChI is InChI=1S/C9H11FN6O/c1-11-9-13-4-6(10)8(15-9)12-3-2-7-14-5-17-16-7/h4-5H,2-3H2,1H3,(H2,11,12,13,15). The van der Waals surface area contributed by atoms with Crippen LogP contribution in [0.4, 0.5) is 16.2 Å². The van der Waals surface area contributed by atoms with Crippen molar-refractivity contribution in [3.63, 3.8) is 0 Å². The van der Waals surface area contributed by atoms with Gasteiger partial charge in [-0.25, -0.2) is 9.37 Å². The van der Waals surface area contributed by atoms with Gasteiger partial charge in [0.2, 0.25) is 12.3 Å². The molecule has 2 aromatic heterocycles. The molecule has 0 spiro atoms. The van der Waals surface area contributed by atoms with Crippen LogP contribution in [-0.2, 0) is 6.42 Å². The summed E-state index contributed by atoms with van der Waals surface area (Å²) in [6, 6.07) is 0. The monoisotopic (exact) mass is 238 g/mol. The highest BCUT2D eigenvalue weighted by Gasteiger charge is 2.06. The number of hydrogen-bond donors (Lipinski definition) is 2. The van der Waals surface area contributed by atoms with Crippen molar-refractivity contribution in [2.75, 3.05) is 24.2 Å². The summed E-state index contributed by atoms with van der Waals surface area (Å²) in [7, 11) is 1.66. The Morgan fingerprint density at radius 2 is 2.29 bits per heavy atom. The van der Waals surface area contributed by atoms with Crippen LogP contribution in [0.5, 0.6) is 0 Å². The number of aromatic nitrogens is 4. The van der Waals surface area contributed by atoms with Gasteiger partial charge < -0.3 is 15.2 Å². The van der Waals surface area contributed by atoms with Crippen LogP contribution < -0.4 is 10.6 Å². The van der Waals surface area contributed by atoms with E-state index in [4.69, 9.17) is 0 Å². The van der Waals surface area contributed by atoms with E-state index in [1.807, 2.05) is 0 Å². The highest BCUT2D eigenvalue weighted by molar-refractivity contribution is 5.40. The molecule has 0 aromatic carbocycles. The van der Waals surface area contributed by atoms with Gasteiger partial charge in [0.05, 0.1) is 6.20 Å². The normalized spacial score (nSPS) is 10.2. The van der Waals surface area contributed by atoms with Crippen molar-refractivity contribution in [2.24, 2.45) is 0 Å². The first-order valence-corrected chi connectivity index (χ1v) is 4.99. The van der Waals surface area contributed by atoms with E-state index in [1.165, 1.54) is 6.39 Å². The zero-order valence-electron chi connectivity index (χ0n) is 9.14. The van der Waals surface area contributed by atoms with Crippen LogP contribution in [0.25, 0.3) is 0 Å². The molecule has 2 heterocycles. The molecule has 0 aliphatic heterocycles. The molecule has 0 aliphatic rings. The maximum Gasteiger partial charge on any atom is 0.224 e. The molecule has 0 radical (unpaired) electrons. The highest BCUT2D eigenvalue weighted by atomic mass is 19.1. The van der Waals surface area contributed by atoms with Gasteiger partial charge in [0.1, 0.15) is 0 Å². The molecule has 90 valence electrons. The summed E-state index contributed by atoms with van der Waals surface area (Å²) in [4.78, 5) is 11.5. The SMILES string of the molecule is CNc1ncc(F)c(NCCc2ncon2)n1. The first-order chi connectivity index (χ1) is 8.29. The largest absolute Gasteiger partial charge is 0.367 e. The molecule has 0 aliphatic carbocycles. The maximum absolute atomic E-state index is 13.3. The third kappa shape index (κ3) is 2.86. The Labute approximate surface area is 96.5 Å². The molecule has 0 atom stereocenters. The number of nitrogens with one attached hydrogen (secondary N) is 2. The third-order valence-corrected chi connectivity index (χ3v) is 2.02. The van der Waals surface area contributed by atoms with E-state index in [0.29, 0.717) is 24.7 Å². The molecule has 2 N–H and O–H groups in total. The summed E-state index contributed by atoms with van der Waals surface area (Å²) in [5, 5.41) is 9.21. The molecule has 0 fully saturated rings. The van der Waals surface area contributed by atoms with Gasteiger partial charge in [0.25, 0.3) is 0 Å². The average molecular weight is 238 g/mol. The van der Waals surface area contributed by atoms with Crippen LogP contribution in [0.3, 0.4) is 0 Å². The van der Waals surface area contributed by atoms with Crippen molar-refractivity contribution in [3.8, 4) is 0 Å². The number of nitrogens with zero attached hydrogens (tertiary/aromatic N) is 4. The molecule has 17 heavy (non-hydrogen) atoms. The van der Waals surface area contributed by atoms with E-state index >= 15 is 0 Å². The first-order valence-electron chi connectivity index (χ1n) is 4.99. The Morgan fingerprint density at radius 3 is 3.00 bits per heavy atom. The van der Waals surface area contributed by atoms with Crippen LogP contribution in [-0.4, -0.2) is 33.7 Å². The summed E-state index contributed by atoms with van der Waals surface area (Å²) >= 11 is 0. The Morgan fingerprint density at radius 1 is 1.41 bits per heavy atom. The predicted molar refractivity (Wildman–Crippen MR) is 58.0 cm³/mol. The van der Waals surface area contributed by atoms with Crippen molar-refractivity contribution in [1.29, 1.82) is 0 Å². The van der Waals surface area contributed by atoms with Crippen LogP contribution in [0.2, 0.25) is 0 Å². The molecule has 0 saturated carbocycles. The van der Waals surface area contributed by atoms with Gasteiger partial charge in [-0.3, -0.25) is 0 Å². The van der Waals surface area contributed by atoms with Gasteiger partial charge in [0, 0.05) is 20.0 Å². The average Bonchev–Trinajstić information content (AvgIpc) is 2.84. The lowest BCUT2D eigenvalue weighted by Crippen LogP contribution is -2.10. The van der Waals surface area contributed by atoms with E-state index < -0.39 is 5.82 Å². The van der Waals surface area contributed by atoms with Crippen LogP contribution in [0, 0.1) is 5.82 Å². The van der Waals surface area contributed by atoms with Gasteiger partial charge in [-0.2, -0.15) is 9.97 Å². The van der Waals surface area contributed by atoms with E-state index in [1.54, 1.807) is 7.05 Å². The van der Waals surface area contributed by atoms with Gasteiger partial charge in [0.15, 0.2) is 17.5 Å². The lowest BCUT2D eigenvalue weighted by molar-refractivity contribution is 0.410. The summed E-state index contributed by atoms with van der Waals surface area (Å²) < 4.78 is 17.9. The van der Waals surface area contributed by atoms with E-state index in [0.717, 1.165) is 6.20 Å². The van der Waals surface area contributed by atoms with Crippen molar-refractivity contribution in [1.82, 2.24) is 20.1 Å². The van der Waals surface area contributed by atoms with Crippen molar-refractivity contribution in [2.45, 2.75) is 6.42 Å². The molecule has 7 nitrogen and oxygen atoms in total. The zero-order chi connectivity index (χ0) is 12.1. The quantitative estimate of drug-likeness (QED) is 0.792. The summed E-state index contributed by atoms with van der Waals surface area (Å²) in [6.07, 6.45) is 2.88. The molecule has 2 aromatic rings. The number of rotatable bonds is 5. The fraction of sp³-hybridized carbons (Fsp3) is 0.333. The molecular weight excluding hydrogens is 227 g/mol.